The normalized spacial score (nSPS) is 12.3. The van der Waals surface area contributed by atoms with Crippen LogP contribution in [0.5, 0.6) is 5.75 Å². The van der Waals surface area contributed by atoms with Gasteiger partial charge in [0.1, 0.15) is 5.82 Å². The van der Waals surface area contributed by atoms with E-state index in [-0.39, 0.29) is 21.4 Å². The molecule has 156 valence electrons. The van der Waals surface area contributed by atoms with Gasteiger partial charge in [-0.2, -0.15) is 9.78 Å². The van der Waals surface area contributed by atoms with Crippen molar-refractivity contribution in [3.63, 3.8) is 0 Å². The highest BCUT2D eigenvalue weighted by Crippen LogP contribution is 2.34. The maximum Gasteiger partial charge on any atom is 0.346 e. The van der Waals surface area contributed by atoms with Crippen LogP contribution in [0.3, 0.4) is 0 Å². The van der Waals surface area contributed by atoms with E-state index >= 15 is 0 Å². The number of carbonyl (C=O) groups is 1. The number of carbonyl (C=O) groups excluding carboxylic acids is 1. The van der Waals surface area contributed by atoms with E-state index in [2.05, 4.69) is 30.8 Å². The molecule has 1 heterocycles. The number of aryl methyl sites for hydroxylation is 1. The van der Waals surface area contributed by atoms with E-state index in [1.165, 1.54) is 24.9 Å². The zero-order valence-corrected chi connectivity index (χ0v) is 19.2. The Morgan fingerprint density at radius 3 is 2.57 bits per heavy atom. The molecular formula is C20H16BrCl2N3O4. The molecule has 0 saturated carbocycles. The van der Waals surface area contributed by atoms with E-state index in [1.54, 1.807) is 31.2 Å². The Balaban J connectivity index is 1.95. The summed E-state index contributed by atoms with van der Waals surface area (Å²) in [6, 6.07) is 8.38. The Hall–Kier alpha value is -2.42. The van der Waals surface area contributed by atoms with E-state index in [4.69, 9.17) is 27.9 Å². The molecule has 0 amide bonds. The third kappa shape index (κ3) is 4.66. The van der Waals surface area contributed by atoms with Gasteiger partial charge in [-0.05, 0) is 49.7 Å². The zero-order valence-electron chi connectivity index (χ0n) is 16.1. The van der Waals surface area contributed by atoms with Crippen LogP contribution in [0, 0.1) is 6.92 Å². The Morgan fingerprint density at radius 1 is 1.27 bits per heavy atom. The minimum absolute atomic E-state index is 0.152. The number of ether oxygens (including phenoxy) is 2. The van der Waals surface area contributed by atoms with Crippen LogP contribution in [0.1, 0.15) is 18.3 Å². The molecular weight excluding hydrogens is 497 g/mol. The molecule has 0 aliphatic rings. The van der Waals surface area contributed by atoms with Crippen LogP contribution in [0.2, 0.25) is 10.0 Å². The van der Waals surface area contributed by atoms with Crippen molar-refractivity contribution in [2.45, 2.75) is 20.0 Å². The van der Waals surface area contributed by atoms with Crippen molar-refractivity contribution >= 4 is 62.2 Å². The Morgan fingerprint density at radius 2 is 1.93 bits per heavy atom. The molecule has 3 aromatic rings. The van der Waals surface area contributed by atoms with Gasteiger partial charge in [0.2, 0.25) is 0 Å². The zero-order chi connectivity index (χ0) is 22.0. The minimum atomic E-state index is -0.881. The summed E-state index contributed by atoms with van der Waals surface area (Å²) >= 11 is 15.9. The van der Waals surface area contributed by atoms with Gasteiger partial charge in [-0.25, -0.2) is 9.78 Å². The SMILES string of the molecule is COC(=O)[C@H](C)Oc1c(Cl)cc(C=Nn2c(C)nc3ccc(Br)cc3c2=O)cc1Cl. The number of methoxy groups -OCH3 is 1. The molecule has 0 radical (unpaired) electrons. The number of halogens is 3. The van der Waals surface area contributed by atoms with Gasteiger partial charge >= 0.3 is 5.97 Å². The summed E-state index contributed by atoms with van der Waals surface area (Å²) < 4.78 is 12.1. The Labute approximate surface area is 190 Å². The lowest BCUT2D eigenvalue weighted by atomic mass is 10.2. The van der Waals surface area contributed by atoms with Crippen LogP contribution in [-0.4, -0.2) is 35.1 Å². The molecule has 0 saturated heterocycles. The lowest BCUT2D eigenvalue weighted by molar-refractivity contribution is -0.147. The van der Waals surface area contributed by atoms with Crippen LogP contribution >= 0.6 is 39.1 Å². The summed E-state index contributed by atoms with van der Waals surface area (Å²) in [4.78, 5) is 28.8. The summed E-state index contributed by atoms with van der Waals surface area (Å²) in [5, 5.41) is 5.04. The van der Waals surface area contributed by atoms with Crippen LogP contribution < -0.4 is 10.3 Å². The van der Waals surface area contributed by atoms with Gasteiger partial charge in [0.25, 0.3) is 5.56 Å². The number of hydrogen-bond donors (Lipinski definition) is 0. The monoisotopic (exact) mass is 511 g/mol. The quantitative estimate of drug-likeness (QED) is 0.368. The maximum absolute atomic E-state index is 12.8. The molecule has 3 rings (SSSR count). The summed E-state index contributed by atoms with van der Waals surface area (Å²) in [6.07, 6.45) is 0.555. The van der Waals surface area contributed by atoms with Crippen molar-refractivity contribution in [3.8, 4) is 5.75 Å². The highest BCUT2D eigenvalue weighted by atomic mass is 79.9. The summed E-state index contributed by atoms with van der Waals surface area (Å²) in [5.74, 6) is 0.0205. The van der Waals surface area contributed by atoms with Crippen molar-refractivity contribution in [1.29, 1.82) is 0 Å². The first kappa shape index (κ1) is 22.3. The maximum atomic E-state index is 12.8. The van der Waals surface area contributed by atoms with Gasteiger partial charge in [-0.15, -0.1) is 0 Å². The smallest absolute Gasteiger partial charge is 0.346 e. The van der Waals surface area contributed by atoms with E-state index in [9.17, 15) is 9.59 Å². The lowest BCUT2D eigenvalue weighted by Crippen LogP contribution is -2.25. The van der Waals surface area contributed by atoms with E-state index in [1.807, 2.05) is 6.07 Å². The Kier molecular flexibility index (Phi) is 6.80. The second-order valence-electron chi connectivity index (χ2n) is 6.28. The highest BCUT2D eigenvalue weighted by molar-refractivity contribution is 9.10. The number of aromatic nitrogens is 2. The first-order valence-corrected chi connectivity index (χ1v) is 10.2. The van der Waals surface area contributed by atoms with Crippen LogP contribution in [-0.2, 0) is 9.53 Å². The molecule has 2 aromatic carbocycles. The molecule has 30 heavy (non-hydrogen) atoms. The molecule has 0 aliphatic carbocycles. The lowest BCUT2D eigenvalue weighted by Gasteiger charge is -2.15. The van der Waals surface area contributed by atoms with Crippen molar-refractivity contribution in [3.05, 3.63) is 66.6 Å². The van der Waals surface area contributed by atoms with E-state index in [0.717, 1.165) is 4.47 Å². The fourth-order valence-corrected chi connectivity index (χ4v) is 3.63. The average molecular weight is 513 g/mol. The van der Waals surface area contributed by atoms with Crippen LogP contribution in [0.15, 0.2) is 44.7 Å². The molecule has 1 aromatic heterocycles. The number of esters is 1. The van der Waals surface area contributed by atoms with Crippen LogP contribution in [0.4, 0.5) is 0 Å². The second kappa shape index (κ2) is 9.16. The number of benzene rings is 2. The standard InChI is InChI=1S/C20H16BrCl2N3O4/c1-10(20(28)29-3)30-18-15(22)6-12(7-16(18)23)9-24-26-11(2)25-17-5-4-13(21)8-14(17)19(26)27/h4-10H,1-3H3/t10-/m0/s1. The van der Waals surface area contributed by atoms with Gasteiger partial charge in [0.15, 0.2) is 11.9 Å². The van der Waals surface area contributed by atoms with Crippen molar-refractivity contribution in [2.24, 2.45) is 5.10 Å². The van der Waals surface area contributed by atoms with Crippen molar-refractivity contribution in [1.82, 2.24) is 9.66 Å². The molecule has 0 aliphatic heterocycles. The van der Waals surface area contributed by atoms with Gasteiger partial charge in [0.05, 0.1) is 34.3 Å². The van der Waals surface area contributed by atoms with Crippen LogP contribution in [0.25, 0.3) is 10.9 Å². The molecule has 0 bridgehead atoms. The van der Waals surface area contributed by atoms with Gasteiger partial charge in [0, 0.05) is 4.47 Å². The number of fused-ring (bicyclic) bond motifs is 1. The largest absolute Gasteiger partial charge is 0.476 e. The molecule has 7 nitrogen and oxygen atoms in total. The van der Waals surface area contributed by atoms with E-state index < -0.39 is 12.1 Å². The topological polar surface area (TPSA) is 82.8 Å². The van der Waals surface area contributed by atoms with E-state index in [0.29, 0.717) is 22.3 Å². The predicted octanol–water partition coefficient (Wildman–Crippen LogP) is 4.60. The fraction of sp³-hybridized carbons (Fsp3) is 0.200. The summed E-state index contributed by atoms with van der Waals surface area (Å²) in [6.45, 7) is 3.21. The van der Waals surface area contributed by atoms with Gasteiger partial charge in [-0.3, -0.25) is 4.79 Å². The van der Waals surface area contributed by atoms with Gasteiger partial charge < -0.3 is 9.47 Å². The van der Waals surface area contributed by atoms with Gasteiger partial charge in [-0.1, -0.05) is 39.1 Å². The third-order valence-electron chi connectivity index (χ3n) is 4.14. The number of nitrogens with zero attached hydrogens (tertiary/aromatic N) is 3. The molecule has 1 atom stereocenters. The molecule has 0 unspecified atom stereocenters. The molecule has 10 heteroatoms. The van der Waals surface area contributed by atoms with Crippen molar-refractivity contribution < 1.29 is 14.3 Å². The fourth-order valence-electron chi connectivity index (χ4n) is 2.68. The first-order valence-electron chi connectivity index (χ1n) is 8.68. The number of hydrogen-bond acceptors (Lipinski definition) is 6. The average Bonchev–Trinajstić information content (AvgIpc) is 2.70. The molecule has 0 fully saturated rings. The third-order valence-corrected chi connectivity index (χ3v) is 5.20. The molecule has 0 N–H and O–H groups in total. The Bertz CT molecular complexity index is 1200. The second-order valence-corrected chi connectivity index (χ2v) is 8.01. The summed E-state index contributed by atoms with van der Waals surface area (Å²) in [7, 11) is 1.26. The minimum Gasteiger partial charge on any atom is -0.476 e. The highest BCUT2D eigenvalue weighted by Gasteiger charge is 2.19. The number of rotatable bonds is 5. The molecule has 0 spiro atoms. The van der Waals surface area contributed by atoms with Crippen molar-refractivity contribution in [2.75, 3.05) is 7.11 Å². The first-order chi connectivity index (χ1) is 14.2. The summed E-state index contributed by atoms with van der Waals surface area (Å²) in [5.41, 5.74) is 0.808. The predicted molar refractivity (Wildman–Crippen MR) is 120 cm³/mol.